The van der Waals surface area contributed by atoms with Crippen molar-refractivity contribution < 1.29 is 4.79 Å². The Hall–Kier alpha value is -2.92. The molecule has 4 aromatic rings. The molecule has 0 bridgehead atoms. The van der Waals surface area contributed by atoms with Crippen molar-refractivity contribution in [3.63, 3.8) is 0 Å². The highest BCUT2D eigenvalue weighted by atomic mass is 32.2. The average Bonchev–Trinajstić information content (AvgIpc) is 3.06. The molecule has 0 amide bonds. The molecule has 4 nitrogen and oxygen atoms in total. The van der Waals surface area contributed by atoms with Crippen molar-refractivity contribution in [1.29, 1.82) is 0 Å². The lowest BCUT2D eigenvalue weighted by Gasteiger charge is -2.08. The van der Waals surface area contributed by atoms with Crippen molar-refractivity contribution in [2.24, 2.45) is 0 Å². The first-order valence-corrected chi connectivity index (χ1v) is 9.78. The van der Waals surface area contributed by atoms with Crippen LogP contribution in [0.3, 0.4) is 0 Å². The molecule has 0 saturated heterocycles. The molecule has 3 aromatic carbocycles. The van der Waals surface area contributed by atoms with Crippen LogP contribution in [0.5, 0.6) is 0 Å². The van der Waals surface area contributed by atoms with E-state index >= 15 is 0 Å². The van der Waals surface area contributed by atoms with E-state index in [0.717, 1.165) is 27.3 Å². The van der Waals surface area contributed by atoms with E-state index in [1.54, 1.807) is 0 Å². The lowest BCUT2D eigenvalue weighted by molar-refractivity contribution is 0.102. The number of carbonyl (C=O) groups excluding carboxylic acids is 1. The van der Waals surface area contributed by atoms with Crippen molar-refractivity contribution in [2.75, 3.05) is 5.75 Å². The Kier molecular flexibility index (Phi) is 5.03. The number of thioether (sulfide) groups is 1. The number of aromatic nitrogens is 3. The minimum atomic E-state index is 0.0951. The molecule has 0 aliphatic rings. The standard InChI is InChI=1S/C22H19N3OS/c1-16-23-24-22(25(16)14-17-7-3-2-4-8-17)27-15-21(26)20-12-11-18-9-5-6-10-19(18)13-20/h2-13H,14-15H2,1H3. The highest BCUT2D eigenvalue weighted by Gasteiger charge is 2.13. The summed E-state index contributed by atoms with van der Waals surface area (Å²) in [4.78, 5) is 12.7. The number of ketones is 1. The molecule has 0 N–H and O–H groups in total. The van der Waals surface area contributed by atoms with Crippen molar-refractivity contribution in [1.82, 2.24) is 14.8 Å². The SMILES string of the molecule is Cc1nnc(SCC(=O)c2ccc3ccccc3c2)n1Cc1ccccc1. The summed E-state index contributed by atoms with van der Waals surface area (Å²) in [6.07, 6.45) is 0. The van der Waals surface area contributed by atoms with Crippen LogP contribution in [0.1, 0.15) is 21.7 Å². The highest BCUT2D eigenvalue weighted by molar-refractivity contribution is 7.99. The van der Waals surface area contributed by atoms with Gasteiger partial charge < -0.3 is 4.57 Å². The van der Waals surface area contributed by atoms with Crippen molar-refractivity contribution >= 4 is 28.3 Å². The zero-order valence-electron chi connectivity index (χ0n) is 15.0. The second kappa shape index (κ2) is 7.76. The maximum Gasteiger partial charge on any atom is 0.191 e. The van der Waals surface area contributed by atoms with Crippen molar-refractivity contribution in [3.05, 3.63) is 89.7 Å². The summed E-state index contributed by atoms with van der Waals surface area (Å²) in [6, 6.07) is 24.1. The average molecular weight is 373 g/mol. The monoisotopic (exact) mass is 373 g/mol. The molecule has 0 saturated carbocycles. The van der Waals surface area contributed by atoms with E-state index in [4.69, 9.17) is 0 Å². The summed E-state index contributed by atoms with van der Waals surface area (Å²) < 4.78 is 2.05. The van der Waals surface area contributed by atoms with Gasteiger partial charge in [-0.1, -0.05) is 78.5 Å². The second-order valence-corrected chi connectivity index (χ2v) is 7.32. The summed E-state index contributed by atoms with van der Waals surface area (Å²) in [5.41, 5.74) is 1.91. The Labute approximate surface area is 162 Å². The Morgan fingerprint density at radius 2 is 1.67 bits per heavy atom. The van der Waals surface area contributed by atoms with E-state index in [2.05, 4.69) is 22.3 Å². The molecular weight excluding hydrogens is 354 g/mol. The quantitative estimate of drug-likeness (QED) is 0.361. The number of aryl methyl sites for hydroxylation is 1. The molecule has 4 rings (SSSR count). The maximum absolute atomic E-state index is 12.7. The molecular formula is C22H19N3OS. The van der Waals surface area contributed by atoms with Crippen LogP contribution in [0, 0.1) is 6.92 Å². The molecule has 27 heavy (non-hydrogen) atoms. The third-order valence-electron chi connectivity index (χ3n) is 4.49. The van der Waals surface area contributed by atoms with Crippen LogP contribution in [0.2, 0.25) is 0 Å². The minimum absolute atomic E-state index is 0.0951. The molecule has 1 aromatic heterocycles. The van der Waals surface area contributed by atoms with Gasteiger partial charge in [0.25, 0.3) is 0 Å². The number of nitrogens with zero attached hydrogens (tertiary/aromatic N) is 3. The van der Waals surface area contributed by atoms with Crippen LogP contribution in [0.25, 0.3) is 10.8 Å². The first-order chi connectivity index (χ1) is 13.2. The second-order valence-electron chi connectivity index (χ2n) is 6.38. The summed E-state index contributed by atoms with van der Waals surface area (Å²) in [6.45, 7) is 2.64. The number of Topliss-reactive ketones (excluding diaryl/α,β-unsaturated/α-hetero) is 1. The van der Waals surface area contributed by atoms with Crippen molar-refractivity contribution in [3.8, 4) is 0 Å². The third kappa shape index (κ3) is 3.93. The Morgan fingerprint density at radius 3 is 2.48 bits per heavy atom. The molecule has 134 valence electrons. The van der Waals surface area contributed by atoms with Gasteiger partial charge in [0.15, 0.2) is 10.9 Å². The predicted octanol–water partition coefficient (Wildman–Crippen LogP) is 4.76. The zero-order chi connectivity index (χ0) is 18.6. The van der Waals surface area contributed by atoms with Gasteiger partial charge in [0, 0.05) is 5.56 Å². The summed E-state index contributed by atoms with van der Waals surface area (Å²) in [7, 11) is 0. The Balaban J connectivity index is 1.49. The molecule has 0 aliphatic heterocycles. The predicted molar refractivity (Wildman–Crippen MR) is 109 cm³/mol. The van der Waals surface area contributed by atoms with Crippen LogP contribution < -0.4 is 0 Å². The summed E-state index contributed by atoms with van der Waals surface area (Å²) >= 11 is 1.44. The molecule has 0 fully saturated rings. The largest absolute Gasteiger partial charge is 0.302 e. The van der Waals surface area contributed by atoms with Gasteiger partial charge in [0.2, 0.25) is 0 Å². The molecule has 1 heterocycles. The van der Waals surface area contributed by atoms with Crippen molar-refractivity contribution in [2.45, 2.75) is 18.6 Å². The van der Waals surface area contributed by atoms with E-state index in [-0.39, 0.29) is 5.78 Å². The molecule has 0 spiro atoms. The first kappa shape index (κ1) is 17.5. The molecule has 0 atom stereocenters. The Bertz CT molecular complexity index is 1090. The van der Waals surface area contributed by atoms with Crippen LogP contribution in [0.4, 0.5) is 0 Å². The van der Waals surface area contributed by atoms with Gasteiger partial charge in [0.05, 0.1) is 12.3 Å². The van der Waals surface area contributed by atoms with Gasteiger partial charge in [0.1, 0.15) is 5.82 Å². The summed E-state index contributed by atoms with van der Waals surface area (Å²) in [5.74, 6) is 1.28. The number of hydrogen-bond donors (Lipinski definition) is 0. The van der Waals surface area contributed by atoms with Crippen LogP contribution in [-0.4, -0.2) is 26.3 Å². The van der Waals surface area contributed by atoms with Gasteiger partial charge in [-0.2, -0.15) is 0 Å². The first-order valence-electron chi connectivity index (χ1n) is 8.79. The maximum atomic E-state index is 12.7. The number of fused-ring (bicyclic) bond motifs is 1. The van der Waals surface area contributed by atoms with Gasteiger partial charge in [-0.3, -0.25) is 4.79 Å². The van der Waals surface area contributed by atoms with Gasteiger partial charge in [-0.05, 0) is 29.3 Å². The molecule has 5 heteroatoms. The van der Waals surface area contributed by atoms with Gasteiger partial charge in [-0.15, -0.1) is 10.2 Å². The normalized spacial score (nSPS) is 11.0. The lowest BCUT2D eigenvalue weighted by atomic mass is 10.1. The van der Waals surface area contributed by atoms with E-state index in [1.807, 2.05) is 72.2 Å². The fourth-order valence-corrected chi connectivity index (χ4v) is 3.87. The number of hydrogen-bond acceptors (Lipinski definition) is 4. The van der Waals surface area contributed by atoms with E-state index in [0.29, 0.717) is 12.3 Å². The molecule has 0 unspecified atom stereocenters. The molecule has 0 aliphatic carbocycles. The fraction of sp³-hybridized carbons (Fsp3) is 0.136. The fourth-order valence-electron chi connectivity index (χ4n) is 2.99. The van der Waals surface area contributed by atoms with Crippen LogP contribution in [-0.2, 0) is 6.54 Å². The Morgan fingerprint density at radius 1 is 0.926 bits per heavy atom. The lowest BCUT2D eigenvalue weighted by Crippen LogP contribution is -2.07. The third-order valence-corrected chi connectivity index (χ3v) is 5.46. The number of benzene rings is 3. The topological polar surface area (TPSA) is 47.8 Å². The van der Waals surface area contributed by atoms with E-state index in [9.17, 15) is 4.79 Å². The number of carbonyl (C=O) groups is 1. The summed E-state index contributed by atoms with van der Waals surface area (Å²) in [5, 5.41) is 11.4. The van der Waals surface area contributed by atoms with E-state index in [1.165, 1.54) is 17.3 Å². The number of rotatable bonds is 6. The van der Waals surface area contributed by atoms with Crippen LogP contribution >= 0.6 is 11.8 Å². The minimum Gasteiger partial charge on any atom is -0.302 e. The van der Waals surface area contributed by atoms with E-state index < -0.39 is 0 Å². The van der Waals surface area contributed by atoms with Gasteiger partial charge in [-0.25, -0.2) is 0 Å². The molecule has 0 radical (unpaired) electrons. The highest BCUT2D eigenvalue weighted by Crippen LogP contribution is 2.21. The zero-order valence-corrected chi connectivity index (χ0v) is 15.8. The smallest absolute Gasteiger partial charge is 0.191 e. The van der Waals surface area contributed by atoms with Crippen LogP contribution in [0.15, 0.2) is 78.0 Å². The van der Waals surface area contributed by atoms with Gasteiger partial charge >= 0.3 is 0 Å².